The second kappa shape index (κ2) is 9.16. The van der Waals surface area contributed by atoms with E-state index in [0.717, 1.165) is 10.6 Å². The smallest absolute Gasteiger partial charge is 0.385 e. The number of hydrogen-bond acceptors (Lipinski definition) is 6. The van der Waals surface area contributed by atoms with Crippen molar-refractivity contribution in [2.75, 3.05) is 0 Å². The molecule has 31 heavy (non-hydrogen) atoms. The number of halogens is 4. The van der Waals surface area contributed by atoms with Crippen LogP contribution in [0.2, 0.25) is 5.02 Å². The summed E-state index contributed by atoms with van der Waals surface area (Å²) in [5.41, 5.74) is -0.0445. The summed E-state index contributed by atoms with van der Waals surface area (Å²) in [5, 5.41) is 25.9. The minimum Gasteiger partial charge on any atom is -0.385 e. The number of aromatic nitrogens is 5. The Morgan fingerprint density at radius 2 is 1.84 bits per heavy atom. The van der Waals surface area contributed by atoms with Gasteiger partial charge in [0.2, 0.25) is 0 Å². The average Bonchev–Trinajstić information content (AvgIpc) is 3.17. The summed E-state index contributed by atoms with van der Waals surface area (Å²) in [4.78, 5) is 21.1. The van der Waals surface area contributed by atoms with Gasteiger partial charge in [0.05, 0.1) is 6.54 Å². The zero-order valence-electron chi connectivity index (χ0n) is 16.3. The number of nitrogens with zero attached hydrogens (tertiary/aromatic N) is 4. The van der Waals surface area contributed by atoms with Crippen LogP contribution in [0.1, 0.15) is 30.4 Å². The summed E-state index contributed by atoms with van der Waals surface area (Å²) >= 11 is 5.88. The normalized spacial score (nSPS) is 13.9. The molecule has 12 heteroatoms. The maximum Gasteiger partial charge on any atom is 0.416 e. The molecule has 0 radical (unpaired) electrons. The Bertz CT molecular complexity index is 1100. The van der Waals surface area contributed by atoms with Crippen molar-refractivity contribution in [2.24, 2.45) is 0 Å². The lowest BCUT2D eigenvalue weighted by atomic mass is 10.1. The van der Waals surface area contributed by atoms with Crippen LogP contribution < -0.4 is 5.56 Å². The molecule has 0 aliphatic rings. The Kier molecular flexibility index (Phi) is 6.77. The molecule has 0 saturated heterocycles. The van der Waals surface area contributed by atoms with Gasteiger partial charge in [-0.15, -0.1) is 0 Å². The number of aromatic amines is 1. The van der Waals surface area contributed by atoms with Crippen LogP contribution in [0.4, 0.5) is 13.2 Å². The standard InChI is InChI=1S/C19H19ClF3N5O3/c1-10(29)17-25-15(26-27-17)7-6-13-8-16(31)28(9-14(30)19(21,22)23)18(24-13)11-2-4-12(20)5-3-11/h2-5,8,10,14,29-30H,6-7,9H2,1H3,(H,25,26,27)/t10?,14-/m0/s1. The maximum absolute atomic E-state index is 12.9. The average molecular weight is 458 g/mol. The summed E-state index contributed by atoms with van der Waals surface area (Å²) in [5.74, 6) is 0.661. The second-order valence-electron chi connectivity index (χ2n) is 6.90. The lowest BCUT2D eigenvalue weighted by molar-refractivity contribution is -0.207. The number of alkyl halides is 3. The summed E-state index contributed by atoms with van der Waals surface area (Å²) in [6.07, 6.45) is -7.90. The Balaban J connectivity index is 1.94. The number of rotatable bonds is 7. The topological polar surface area (TPSA) is 117 Å². The van der Waals surface area contributed by atoms with Crippen LogP contribution in [-0.2, 0) is 19.4 Å². The third-order valence-electron chi connectivity index (χ3n) is 4.44. The molecular formula is C19H19ClF3N5O3. The molecule has 8 nitrogen and oxygen atoms in total. The van der Waals surface area contributed by atoms with Crippen molar-refractivity contribution in [3.8, 4) is 11.4 Å². The fourth-order valence-electron chi connectivity index (χ4n) is 2.81. The van der Waals surface area contributed by atoms with Gasteiger partial charge in [0.1, 0.15) is 17.8 Å². The van der Waals surface area contributed by atoms with Crippen LogP contribution in [0.3, 0.4) is 0 Å². The van der Waals surface area contributed by atoms with E-state index in [9.17, 15) is 28.2 Å². The van der Waals surface area contributed by atoms with Crippen LogP contribution in [-0.4, -0.2) is 47.2 Å². The third-order valence-corrected chi connectivity index (χ3v) is 4.69. The highest BCUT2D eigenvalue weighted by Gasteiger charge is 2.39. The lowest BCUT2D eigenvalue weighted by Crippen LogP contribution is -2.37. The van der Waals surface area contributed by atoms with Gasteiger partial charge in [-0.3, -0.25) is 14.5 Å². The highest BCUT2D eigenvalue weighted by atomic mass is 35.5. The molecule has 0 amide bonds. The molecule has 3 rings (SSSR count). The number of hydrogen-bond donors (Lipinski definition) is 3. The van der Waals surface area contributed by atoms with E-state index in [0.29, 0.717) is 28.5 Å². The largest absolute Gasteiger partial charge is 0.416 e. The number of benzene rings is 1. The van der Waals surface area contributed by atoms with Gasteiger partial charge in [0.25, 0.3) is 5.56 Å². The van der Waals surface area contributed by atoms with Gasteiger partial charge in [0.15, 0.2) is 11.9 Å². The molecule has 3 aromatic rings. The van der Waals surface area contributed by atoms with E-state index in [2.05, 4.69) is 20.2 Å². The molecule has 166 valence electrons. The summed E-state index contributed by atoms with van der Waals surface area (Å²) in [7, 11) is 0. The SMILES string of the molecule is CC(O)c1n[nH]c(CCc2cc(=O)n(C[C@H](O)C(F)(F)F)c(-c3ccc(Cl)cc3)n2)n1. The van der Waals surface area contributed by atoms with Crippen molar-refractivity contribution in [1.82, 2.24) is 24.7 Å². The van der Waals surface area contributed by atoms with Gasteiger partial charge in [-0.25, -0.2) is 9.97 Å². The highest BCUT2D eigenvalue weighted by Crippen LogP contribution is 2.24. The van der Waals surface area contributed by atoms with E-state index in [4.69, 9.17) is 11.6 Å². The van der Waals surface area contributed by atoms with Crippen molar-refractivity contribution < 1.29 is 23.4 Å². The van der Waals surface area contributed by atoms with E-state index >= 15 is 0 Å². The molecule has 0 aliphatic carbocycles. The van der Waals surface area contributed by atoms with Crippen molar-refractivity contribution >= 4 is 11.6 Å². The van der Waals surface area contributed by atoms with Crippen LogP contribution >= 0.6 is 11.6 Å². The minimum absolute atomic E-state index is 0.0234. The first-order chi connectivity index (χ1) is 14.5. The monoisotopic (exact) mass is 457 g/mol. The van der Waals surface area contributed by atoms with Crippen molar-refractivity contribution in [3.63, 3.8) is 0 Å². The lowest BCUT2D eigenvalue weighted by Gasteiger charge is -2.19. The van der Waals surface area contributed by atoms with Crippen LogP contribution in [0.5, 0.6) is 0 Å². The number of aryl methyl sites for hydroxylation is 2. The minimum atomic E-state index is -4.89. The quantitative estimate of drug-likeness (QED) is 0.501. The van der Waals surface area contributed by atoms with Gasteiger partial charge in [-0.1, -0.05) is 11.6 Å². The van der Waals surface area contributed by atoms with Crippen molar-refractivity contribution in [2.45, 2.75) is 44.7 Å². The predicted molar refractivity (Wildman–Crippen MR) is 105 cm³/mol. The Morgan fingerprint density at radius 3 is 2.42 bits per heavy atom. The fourth-order valence-corrected chi connectivity index (χ4v) is 2.93. The van der Waals surface area contributed by atoms with Crippen molar-refractivity contribution in [3.05, 3.63) is 63.1 Å². The first-order valence-electron chi connectivity index (χ1n) is 9.25. The summed E-state index contributed by atoms with van der Waals surface area (Å²) < 4.78 is 39.4. The zero-order chi connectivity index (χ0) is 22.8. The maximum atomic E-state index is 12.9. The van der Waals surface area contributed by atoms with Crippen LogP contribution in [0.15, 0.2) is 35.1 Å². The second-order valence-corrected chi connectivity index (χ2v) is 7.34. The predicted octanol–water partition coefficient (Wildman–Crippen LogP) is 2.44. The molecule has 0 saturated carbocycles. The molecule has 0 bridgehead atoms. The first kappa shape index (κ1) is 22.9. The van der Waals surface area contributed by atoms with E-state index in [1.807, 2.05) is 0 Å². The van der Waals surface area contributed by atoms with Crippen LogP contribution in [0, 0.1) is 0 Å². The number of nitrogens with one attached hydrogen (secondary N) is 1. The molecule has 3 N–H and O–H groups in total. The Labute approximate surface area is 179 Å². The van der Waals surface area contributed by atoms with Crippen LogP contribution in [0.25, 0.3) is 11.4 Å². The fraction of sp³-hybridized carbons (Fsp3) is 0.368. The van der Waals surface area contributed by atoms with Gasteiger partial charge >= 0.3 is 6.18 Å². The molecule has 1 unspecified atom stereocenters. The van der Waals surface area contributed by atoms with E-state index in [-0.39, 0.29) is 18.1 Å². The molecule has 2 aromatic heterocycles. The van der Waals surface area contributed by atoms with Gasteiger partial charge in [-0.05, 0) is 37.6 Å². The molecule has 0 fully saturated rings. The Morgan fingerprint density at radius 1 is 1.16 bits per heavy atom. The zero-order valence-corrected chi connectivity index (χ0v) is 17.0. The van der Waals surface area contributed by atoms with Gasteiger partial charge < -0.3 is 10.2 Å². The van der Waals surface area contributed by atoms with E-state index < -0.39 is 30.5 Å². The molecule has 0 aliphatic heterocycles. The van der Waals surface area contributed by atoms with E-state index in [1.165, 1.54) is 31.2 Å². The molecule has 2 heterocycles. The number of H-pyrrole nitrogens is 1. The van der Waals surface area contributed by atoms with Gasteiger partial charge in [0, 0.05) is 28.8 Å². The Hall–Kier alpha value is -2.76. The number of aliphatic hydroxyl groups is 2. The summed E-state index contributed by atoms with van der Waals surface area (Å²) in [6.45, 7) is 0.523. The highest BCUT2D eigenvalue weighted by molar-refractivity contribution is 6.30. The third kappa shape index (κ3) is 5.69. The summed E-state index contributed by atoms with van der Waals surface area (Å²) in [6, 6.07) is 7.21. The van der Waals surface area contributed by atoms with E-state index in [1.54, 1.807) is 0 Å². The number of aliphatic hydroxyl groups excluding tert-OH is 2. The van der Waals surface area contributed by atoms with Crippen molar-refractivity contribution in [1.29, 1.82) is 0 Å². The first-order valence-corrected chi connectivity index (χ1v) is 9.63. The van der Waals surface area contributed by atoms with Gasteiger partial charge in [-0.2, -0.15) is 18.3 Å². The molecule has 0 spiro atoms. The molecule has 1 aromatic carbocycles. The molecule has 2 atom stereocenters. The molecular weight excluding hydrogens is 439 g/mol.